The van der Waals surface area contributed by atoms with Gasteiger partial charge in [0.15, 0.2) is 5.17 Å². The van der Waals surface area contributed by atoms with Gasteiger partial charge in [0.05, 0.1) is 12.3 Å². The predicted molar refractivity (Wildman–Crippen MR) is 142 cm³/mol. The summed E-state index contributed by atoms with van der Waals surface area (Å²) in [6.07, 6.45) is 4.69. The van der Waals surface area contributed by atoms with E-state index < -0.39 is 5.25 Å². The van der Waals surface area contributed by atoms with E-state index in [2.05, 4.69) is 17.2 Å². The third-order valence-electron chi connectivity index (χ3n) is 5.45. The average molecular weight is 502 g/mol. The maximum absolute atomic E-state index is 13.1. The summed E-state index contributed by atoms with van der Waals surface area (Å²) in [6.45, 7) is 7.25. The second kappa shape index (κ2) is 12.8. The first kappa shape index (κ1) is 26.1. The Bertz CT molecular complexity index is 1030. The van der Waals surface area contributed by atoms with E-state index in [0.717, 1.165) is 29.8 Å². The van der Waals surface area contributed by atoms with Crippen molar-refractivity contribution in [2.24, 2.45) is 4.99 Å². The number of nitrogens with one attached hydrogen (secondary N) is 1. The number of amidine groups is 1. The zero-order valence-electron chi connectivity index (χ0n) is 20.0. The second-order valence-electron chi connectivity index (χ2n) is 8.15. The highest BCUT2D eigenvalue weighted by atomic mass is 35.5. The fourth-order valence-corrected chi connectivity index (χ4v) is 4.82. The van der Waals surface area contributed by atoms with Crippen LogP contribution < -0.4 is 15.0 Å². The van der Waals surface area contributed by atoms with Gasteiger partial charge >= 0.3 is 0 Å². The van der Waals surface area contributed by atoms with Crippen LogP contribution in [-0.2, 0) is 9.59 Å². The molecule has 34 heavy (non-hydrogen) atoms. The van der Waals surface area contributed by atoms with Crippen LogP contribution in [0.25, 0.3) is 0 Å². The smallest absolute Gasteiger partial charge is 0.247 e. The molecule has 1 atom stereocenters. The fraction of sp³-hybridized carbons (Fsp3) is 0.423. The molecule has 8 heteroatoms. The number of hydrogen-bond donors (Lipinski definition) is 1. The molecule has 2 aromatic rings. The highest BCUT2D eigenvalue weighted by molar-refractivity contribution is 8.15. The Hall–Kier alpha value is -2.51. The summed E-state index contributed by atoms with van der Waals surface area (Å²) < 4.78 is 5.77. The minimum absolute atomic E-state index is 0.123. The van der Waals surface area contributed by atoms with Gasteiger partial charge in [-0.3, -0.25) is 14.6 Å². The zero-order chi connectivity index (χ0) is 24.5. The Kier molecular flexibility index (Phi) is 9.84. The first-order chi connectivity index (χ1) is 16.4. The van der Waals surface area contributed by atoms with Crippen LogP contribution in [0.15, 0.2) is 47.5 Å². The van der Waals surface area contributed by atoms with Crippen molar-refractivity contribution in [3.63, 3.8) is 0 Å². The van der Waals surface area contributed by atoms with E-state index >= 15 is 0 Å². The van der Waals surface area contributed by atoms with Gasteiger partial charge in [-0.15, -0.1) is 0 Å². The van der Waals surface area contributed by atoms with E-state index in [1.54, 1.807) is 12.1 Å². The Morgan fingerprint density at radius 1 is 1.15 bits per heavy atom. The van der Waals surface area contributed by atoms with Crippen molar-refractivity contribution in [2.75, 3.05) is 23.4 Å². The zero-order valence-corrected chi connectivity index (χ0v) is 21.5. The lowest BCUT2D eigenvalue weighted by atomic mass is 10.2. The first-order valence-corrected chi connectivity index (χ1v) is 13.0. The van der Waals surface area contributed by atoms with E-state index in [-0.39, 0.29) is 18.2 Å². The molecule has 0 saturated carbocycles. The van der Waals surface area contributed by atoms with Crippen molar-refractivity contribution in [1.82, 2.24) is 0 Å². The number of aryl methyl sites for hydroxylation is 1. The van der Waals surface area contributed by atoms with Gasteiger partial charge in [0, 0.05) is 23.7 Å². The molecule has 1 heterocycles. The van der Waals surface area contributed by atoms with Crippen LogP contribution in [0.2, 0.25) is 5.02 Å². The molecular weight excluding hydrogens is 470 g/mol. The summed E-state index contributed by atoms with van der Waals surface area (Å²) >= 11 is 7.50. The molecule has 1 aliphatic rings. The van der Waals surface area contributed by atoms with E-state index in [1.807, 2.05) is 44.2 Å². The van der Waals surface area contributed by atoms with Gasteiger partial charge in [-0.1, -0.05) is 55.6 Å². The SMILES string of the molecule is CCCCCCOc1ccc(N2C(=O)C[C@H](SC(=NCC)Nc3ccc(C)c(Cl)c3)C2=O)cc1. The molecule has 0 aromatic heterocycles. The number of benzene rings is 2. The first-order valence-electron chi connectivity index (χ1n) is 11.8. The second-order valence-corrected chi connectivity index (χ2v) is 9.75. The quantitative estimate of drug-likeness (QED) is 0.175. The van der Waals surface area contributed by atoms with E-state index in [9.17, 15) is 9.59 Å². The Morgan fingerprint density at radius 2 is 1.91 bits per heavy atom. The third kappa shape index (κ3) is 7.00. The lowest BCUT2D eigenvalue weighted by Crippen LogP contribution is -2.31. The van der Waals surface area contributed by atoms with Crippen LogP contribution in [0, 0.1) is 6.92 Å². The summed E-state index contributed by atoms with van der Waals surface area (Å²) in [6, 6.07) is 12.8. The number of halogens is 1. The molecule has 3 rings (SSSR count). The summed E-state index contributed by atoms with van der Waals surface area (Å²) in [4.78, 5) is 31.6. The number of rotatable bonds is 10. The number of nitrogens with zero attached hydrogens (tertiary/aromatic N) is 2. The standard InChI is InChI=1S/C26H32ClN3O3S/c1-4-6-7-8-15-33-21-13-11-20(12-14-21)30-24(31)17-23(25(30)32)34-26(28-5-2)29-19-10-9-18(3)22(27)16-19/h9-14,16,23H,4-8,15,17H2,1-3H3,(H,28,29)/t23-/m0/s1. The average Bonchev–Trinajstić information content (AvgIpc) is 3.09. The number of thioether (sulfide) groups is 1. The van der Waals surface area contributed by atoms with Crippen LogP contribution in [0.3, 0.4) is 0 Å². The molecule has 0 unspecified atom stereocenters. The van der Waals surface area contributed by atoms with Crippen molar-refractivity contribution in [3.8, 4) is 5.75 Å². The van der Waals surface area contributed by atoms with Gasteiger partial charge in [0.1, 0.15) is 11.0 Å². The molecule has 182 valence electrons. The Morgan fingerprint density at radius 3 is 2.59 bits per heavy atom. The Labute approximate surface area is 211 Å². The molecule has 1 N–H and O–H groups in total. The maximum atomic E-state index is 13.1. The number of unbranched alkanes of at least 4 members (excludes halogenated alkanes) is 3. The van der Waals surface area contributed by atoms with Gasteiger partial charge in [-0.05, 0) is 62.2 Å². The topological polar surface area (TPSA) is 71.0 Å². The molecular formula is C26H32ClN3O3S. The maximum Gasteiger partial charge on any atom is 0.247 e. The molecule has 0 spiro atoms. The fourth-order valence-electron chi connectivity index (χ4n) is 3.56. The van der Waals surface area contributed by atoms with Gasteiger partial charge in [-0.2, -0.15) is 0 Å². The van der Waals surface area contributed by atoms with Crippen molar-refractivity contribution < 1.29 is 14.3 Å². The molecule has 1 fully saturated rings. The molecule has 2 aromatic carbocycles. The number of carbonyl (C=O) groups excluding carboxylic acids is 2. The molecule has 1 aliphatic heterocycles. The van der Waals surface area contributed by atoms with Gasteiger partial charge in [0.25, 0.3) is 0 Å². The lowest BCUT2D eigenvalue weighted by Gasteiger charge is -2.16. The van der Waals surface area contributed by atoms with Gasteiger partial charge in [0.2, 0.25) is 11.8 Å². The lowest BCUT2D eigenvalue weighted by molar-refractivity contribution is -0.121. The van der Waals surface area contributed by atoms with Crippen LogP contribution >= 0.6 is 23.4 Å². The van der Waals surface area contributed by atoms with Crippen molar-refractivity contribution in [3.05, 3.63) is 53.1 Å². The normalized spacial score (nSPS) is 16.3. The van der Waals surface area contributed by atoms with Gasteiger partial charge in [-0.25, -0.2) is 4.90 Å². The molecule has 1 saturated heterocycles. The minimum atomic E-state index is -0.541. The van der Waals surface area contributed by atoms with Crippen molar-refractivity contribution >= 4 is 51.7 Å². The summed E-state index contributed by atoms with van der Waals surface area (Å²) in [5.41, 5.74) is 2.33. The van der Waals surface area contributed by atoms with Gasteiger partial charge < -0.3 is 10.1 Å². The van der Waals surface area contributed by atoms with E-state index in [1.165, 1.54) is 29.5 Å². The minimum Gasteiger partial charge on any atom is -0.494 e. The van der Waals surface area contributed by atoms with Crippen LogP contribution in [0.1, 0.15) is 51.5 Å². The number of amides is 2. The number of aliphatic imine (C=N–C) groups is 1. The molecule has 0 radical (unpaired) electrons. The molecule has 0 aliphatic carbocycles. The number of carbonyl (C=O) groups is 2. The number of ether oxygens (including phenoxy) is 1. The van der Waals surface area contributed by atoms with Crippen molar-refractivity contribution in [2.45, 2.75) is 58.1 Å². The van der Waals surface area contributed by atoms with E-state index in [0.29, 0.717) is 29.0 Å². The monoisotopic (exact) mass is 501 g/mol. The van der Waals surface area contributed by atoms with Crippen molar-refractivity contribution in [1.29, 1.82) is 0 Å². The number of imide groups is 1. The van der Waals surface area contributed by atoms with Crippen LogP contribution in [0.4, 0.5) is 11.4 Å². The number of anilines is 2. The van der Waals surface area contributed by atoms with E-state index in [4.69, 9.17) is 16.3 Å². The third-order valence-corrected chi connectivity index (χ3v) is 6.96. The summed E-state index contributed by atoms with van der Waals surface area (Å²) in [7, 11) is 0. The molecule has 0 bridgehead atoms. The summed E-state index contributed by atoms with van der Waals surface area (Å²) in [5, 5.41) is 3.93. The summed E-state index contributed by atoms with van der Waals surface area (Å²) in [5.74, 6) is 0.282. The highest BCUT2D eigenvalue weighted by Crippen LogP contribution is 2.32. The van der Waals surface area contributed by atoms with Crippen LogP contribution in [-0.4, -0.2) is 35.4 Å². The predicted octanol–water partition coefficient (Wildman–Crippen LogP) is 6.46. The number of hydrogen-bond acceptors (Lipinski definition) is 5. The molecule has 6 nitrogen and oxygen atoms in total. The van der Waals surface area contributed by atoms with Crippen LogP contribution in [0.5, 0.6) is 5.75 Å². The molecule has 2 amide bonds. The Balaban J connectivity index is 1.62. The largest absolute Gasteiger partial charge is 0.494 e. The highest BCUT2D eigenvalue weighted by Gasteiger charge is 2.40.